The second kappa shape index (κ2) is 7.72. The van der Waals surface area contributed by atoms with Crippen LogP contribution in [0.4, 0.5) is 0 Å². The molecule has 1 aromatic heterocycles. The lowest BCUT2D eigenvalue weighted by molar-refractivity contribution is -0.137. The predicted molar refractivity (Wildman–Crippen MR) is 63.0 cm³/mol. The summed E-state index contributed by atoms with van der Waals surface area (Å²) in [6.07, 6.45) is 3.56. The minimum absolute atomic E-state index is 0.204. The van der Waals surface area contributed by atoms with Crippen LogP contribution in [-0.4, -0.2) is 33.1 Å². The van der Waals surface area contributed by atoms with Crippen molar-refractivity contribution in [2.24, 2.45) is 0 Å². The molecule has 1 rings (SSSR count). The number of nitrogens with one attached hydrogen (secondary N) is 1. The van der Waals surface area contributed by atoms with E-state index in [-0.39, 0.29) is 12.3 Å². The molecule has 0 bridgehead atoms. The number of unbranched alkanes of at least 4 members (excludes halogenated alkanes) is 3. The van der Waals surface area contributed by atoms with Gasteiger partial charge in [-0.05, 0) is 24.4 Å². The Morgan fingerprint density at radius 1 is 1.29 bits per heavy atom. The highest BCUT2D eigenvalue weighted by Gasteiger charge is 2.06. The van der Waals surface area contributed by atoms with Crippen LogP contribution in [0.15, 0.2) is 5.38 Å². The molecule has 1 aromatic rings. The Hall–Kier alpha value is -1.50. The molecule has 94 valence electrons. The van der Waals surface area contributed by atoms with Gasteiger partial charge in [0.1, 0.15) is 0 Å². The van der Waals surface area contributed by atoms with E-state index in [9.17, 15) is 9.59 Å². The van der Waals surface area contributed by atoms with Crippen LogP contribution in [0.3, 0.4) is 0 Å². The Morgan fingerprint density at radius 2 is 2.06 bits per heavy atom. The minimum Gasteiger partial charge on any atom is -0.481 e. The first-order chi connectivity index (χ1) is 8.20. The van der Waals surface area contributed by atoms with Gasteiger partial charge in [-0.3, -0.25) is 9.59 Å². The fraction of sp³-hybridized carbons (Fsp3) is 0.600. The molecule has 0 saturated heterocycles. The molecule has 0 radical (unpaired) electrons. The van der Waals surface area contributed by atoms with Crippen LogP contribution in [0.25, 0.3) is 0 Å². The van der Waals surface area contributed by atoms with Gasteiger partial charge in [-0.1, -0.05) is 17.3 Å². The molecular formula is C10H15N3O3S. The molecule has 0 unspecified atom stereocenters. The number of hydrogen-bond acceptors (Lipinski definition) is 5. The zero-order valence-electron chi connectivity index (χ0n) is 9.39. The third kappa shape index (κ3) is 5.96. The molecule has 1 amide bonds. The van der Waals surface area contributed by atoms with Crippen molar-refractivity contribution in [3.05, 3.63) is 11.1 Å². The highest BCUT2D eigenvalue weighted by molar-refractivity contribution is 7.03. The number of aromatic nitrogens is 2. The number of carboxylic acid groups (broad SMARTS) is 1. The van der Waals surface area contributed by atoms with Crippen molar-refractivity contribution in [3.8, 4) is 0 Å². The van der Waals surface area contributed by atoms with Gasteiger partial charge in [0.2, 0.25) is 0 Å². The third-order valence-corrected chi connectivity index (χ3v) is 2.70. The Bertz CT molecular complexity index is 354. The first kappa shape index (κ1) is 13.6. The Labute approximate surface area is 103 Å². The van der Waals surface area contributed by atoms with E-state index >= 15 is 0 Å². The summed E-state index contributed by atoms with van der Waals surface area (Å²) >= 11 is 1.14. The van der Waals surface area contributed by atoms with E-state index in [1.807, 2.05) is 0 Å². The van der Waals surface area contributed by atoms with E-state index in [0.29, 0.717) is 18.7 Å². The lowest BCUT2D eigenvalue weighted by Gasteiger charge is -2.02. The summed E-state index contributed by atoms with van der Waals surface area (Å²) in [6, 6.07) is 0. The summed E-state index contributed by atoms with van der Waals surface area (Å²) in [4.78, 5) is 21.6. The lowest BCUT2D eigenvalue weighted by atomic mass is 10.1. The maximum absolute atomic E-state index is 11.4. The molecule has 1 heterocycles. The standard InChI is InChI=1S/C10H15N3O3S/c14-9(15)5-3-1-2-4-6-11-10(16)8-7-17-13-12-8/h7H,1-6H2,(H,11,16)(H,14,15). The number of carboxylic acids is 1. The zero-order chi connectivity index (χ0) is 12.5. The molecule has 0 atom stereocenters. The maximum atomic E-state index is 11.4. The summed E-state index contributed by atoms with van der Waals surface area (Å²) in [5, 5.41) is 16.4. The Morgan fingerprint density at radius 3 is 2.71 bits per heavy atom. The van der Waals surface area contributed by atoms with Crippen molar-refractivity contribution in [2.75, 3.05) is 6.54 Å². The Balaban J connectivity index is 1.97. The summed E-state index contributed by atoms with van der Waals surface area (Å²) in [5.74, 6) is -0.960. The number of rotatable bonds is 8. The van der Waals surface area contributed by atoms with Crippen molar-refractivity contribution >= 4 is 23.4 Å². The van der Waals surface area contributed by atoms with Crippen molar-refractivity contribution < 1.29 is 14.7 Å². The van der Waals surface area contributed by atoms with Crippen molar-refractivity contribution in [1.29, 1.82) is 0 Å². The molecule has 17 heavy (non-hydrogen) atoms. The van der Waals surface area contributed by atoms with Gasteiger partial charge in [0.25, 0.3) is 5.91 Å². The van der Waals surface area contributed by atoms with Gasteiger partial charge >= 0.3 is 5.97 Å². The first-order valence-corrected chi connectivity index (χ1v) is 6.31. The average Bonchev–Trinajstić information content (AvgIpc) is 2.80. The summed E-state index contributed by atoms with van der Waals surface area (Å²) in [7, 11) is 0. The number of aliphatic carboxylic acids is 1. The number of carbonyl (C=O) groups excluding carboxylic acids is 1. The molecule has 0 aliphatic rings. The molecular weight excluding hydrogens is 242 g/mol. The van der Waals surface area contributed by atoms with Crippen LogP contribution in [0.1, 0.15) is 42.6 Å². The quantitative estimate of drug-likeness (QED) is 0.685. The molecule has 0 aromatic carbocycles. The van der Waals surface area contributed by atoms with Crippen molar-refractivity contribution in [3.63, 3.8) is 0 Å². The predicted octanol–water partition coefficient (Wildman–Crippen LogP) is 1.30. The SMILES string of the molecule is O=C(O)CCCCCCNC(=O)c1csnn1. The van der Waals surface area contributed by atoms with Gasteiger partial charge in [-0.15, -0.1) is 5.10 Å². The summed E-state index contributed by atoms with van der Waals surface area (Å²) in [6.45, 7) is 0.587. The second-order valence-corrected chi connectivity index (χ2v) is 4.21. The van der Waals surface area contributed by atoms with Crippen LogP contribution < -0.4 is 5.32 Å². The van der Waals surface area contributed by atoms with Crippen LogP contribution in [0, 0.1) is 0 Å². The lowest BCUT2D eigenvalue weighted by Crippen LogP contribution is -2.24. The van der Waals surface area contributed by atoms with Crippen molar-refractivity contribution in [2.45, 2.75) is 32.1 Å². The van der Waals surface area contributed by atoms with E-state index in [1.54, 1.807) is 5.38 Å². The van der Waals surface area contributed by atoms with Gasteiger partial charge in [0.15, 0.2) is 5.69 Å². The van der Waals surface area contributed by atoms with Gasteiger partial charge in [-0.2, -0.15) is 0 Å². The average molecular weight is 257 g/mol. The smallest absolute Gasteiger partial charge is 0.303 e. The third-order valence-electron chi connectivity index (χ3n) is 2.20. The molecule has 0 fully saturated rings. The normalized spacial score (nSPS) is 10.1. The van der Waals surface area contributed by atoms with Gasteiger partial charge in [-0.25, -0.2) is 0 Å². The number of nitrogens with zero attached hydrogens (tertiary/aromatic N) is 2. The molecule has 0 aliphatic carbocycles. The van der Waals surface area contributed by atoms with E-state index in [1.165, 1.54) is 0 Å². The van der Waals surface area contributed by atoms with Gasteiger partial charge in [0.05, 0.1) is 0 Å². The fourth-order valence-corrected chi connectivity index (χ4v) is 1.75. The summed E-state index contributed by atoms with van der Waals surface area (Å²) in [5.41, 5.74) is 0.348. The van der Waals surface area contributed by atoms with Crippen LogP contribution in [-0.2, 0) is 4.79 Å². The topological polar surface area (TPSA) is 92.2 Å². The second-order valence-electron chi connectivity index (χ2n) is 3.60. The monoisotopic (exact) mass is 257 g/mol. The van der Waals surface area contributed by atoms with E-state index in [4.69, 9.17) is 5.11 Å². The van der Waals surface area contributed by atoms with E-state index < -0.39 is 5.97 Å². The van der Waals surface area contributed by atoms with Gasteiger partial charge < -0.3 is 10.4 Å². The van der Waals surface area contributed by atoms with E-state index in [0.717, 1.165) is 30.8 Å². The highest BCUT2D eigenvalue weighted by Crippen LogP contribution is 2.02. The maximum Gasteiger partial charge on any atom is 0.303 e. The number of hydrogen-bond donors (Lipinski definition) is 2. The molecule has 6 nitrogen and oxygen atoms in total. The Kier molecular flexibility index (Phi) is 6.16. The zero-order valence-corrected chi connectivity index (χ0v) is 10.2. The van der Waals surface area contributed by atoms with Gasteiger partial charge in [0, 0.05) is 18.3 Å². The molecule has 0 spiro atoms. The van der Waals surface area contributed by atoms with Crippen LogP contribution in [0.5, 0.6) is 0 Å². The molecule has 2 N–H and O–H groups in total. The summed E-state index contributed by atoms with van der Waals surface area (Å²) < 4.78 is 3.60. The number of carbonyl (C=O) groups is 2. The fourth-order valence-electron chi connectivity index (χ4n) is 1.31. The van der Waals surface area contributed by atoms with Crippen LogP contribution in [0.2, 0.25) is 0 Å². The first-order valence-electron chi connectivity index (χ1n) is 5.47. The van der Waals surface area contributed by atoms with Crippen LogP contribution >= 0.6 is 11.5 Å². The highest BCUT2D eigenvalue weighted by atomic mass is 32.1. The molecule has 0 saturated carbocycles. The van der Waals surface area contributed by atoms with Crippen molar-refractivity contribution in [1.82, 2.24) is 14.9 Å². The minimum atomic E-state index is -0.755. The molecule has 7 heteroatoms. The number of amides is 1. The molecule has 0 aliphatic heterocycles. The largest absolute Gasteiger partial charge is 0.481 e. The van der Waals surface area contributed by atoms with E-state index in [2.05, 4.69) is 14.9 Å².